The number of rotatable bonds is 12. The van der Waals surface area contributed by atoms with Crippen LogP contribution in [0.1, 0.15) is 36.0 Å². The Labute approximate surface area is 205 Å². The number of anilines is 1. The number of nitriles is 1. The van der Waals surface area contributed by atoms with E-state index in [-0.39, 0.29) is 22.6 Å². The number of aliphatic carboxylic acids is 1. The molecule has 35 heavy (non-hydrogen) atoms. The molecule has 8 heteroatoms. The van der Waals surface area contributed by atoms with Crippen molar-refractivity contribution in [3.8, 4) is 11.8 Å². The minimum Gasteiger partial charge on any atom is -0.493 e. The van der Waals surface area contributed by atoms with Gasteiger partial charge in [0.2, 0.25) is 0 Å². The molecule has 3 aromatic rings. The number of nitrogens with zero attached hydrogens (tertiary/aromatic N) is 1. The highest BCUT2D eigenvalue weighted by atomic mass is 32.2. The Morgan fingerprint density at radius 1 is 1.06 bits per heavy atom. The van der Waals surface area contributed by atoms with E-state index >= 15 is 0 Å². The molecular weight excluding hydrogens is 464 g/mol. The number of nitrogens with one attached hydrogen (secondary N) is 1. The zero-order valence-corrected chi connectivity index (χ0v) is 19.9. The fraction of sp³-hybridized carbons (Fsp3) is 0.185. The van der Waals surface area contributed by atoms with Crippen molar-refractivity contribution >= 4 is 27.8 Å². The molecule has 0 saturated heterocycles. The molecule has 0 aliphatic rings. The Balaban J connectivity index is 1.57. The van der Waals surface area contributed by atoms with Gasteiger partial charge < -0.3 is 9.84 Å². The van der Waals surface area contributed by atoms with E-state index in [4.69, 9.17) is 9.84 Å². The SMILES string of the molecule is N#Cc1ccc(/C=C/CCCOc2ccccc2CCC(=O)O)cc1NS(=O)(=O)c1ccccc1. The maximum Gasteiger partial charge on any atom is 0.303 e. The van der Waals surface area contributed by atoms with Gasteiger partial charge in [0.15, 0.2) is 0 Å². The van der Waals surface area contributed by atoms with Crippen molar-refractivity contribution in [1.29, 1.82) is 5.26 Å². The van der Waals surface area contributed by atoms with Gasteiger partial charge in [-0.15, -0.1) is 0 Å². The topological polar surface area (TPSA) is 116 Å². The zero-order valence-electron chi connectivity index (χ0n) is 19.1. The maximum absolute atomic E-state index is 12.6. The highest BCUT2D eigenvalue weighted by Crippen LogP contribution is 2.23. The van der Waals surface area contributed by atoms with Crippen LogP contribution in [-0.4, -0.2) is 26.1 Å². The summed E-state index contributed by atoms with van der Waals surface area (Å²) in [6.07, 6.45) is 5.76. The normalized spacial score (nSPS) is 11.2. The Kier molecular flexibility index (Phi) is 9.04. The summed E-state index contributed by atoms with van der Waals surface area (Å²) in [6, 6.07) is 22.4. The number of carbonyl (C=O) groups is 1. The van der Waals surface area contributed by atoms with Crippen LogP contribution in [0, 0.1) is 11.3 Å². The Hall–Kier alpha value is -4.09. The van der Waals surface area contributed by atoms with Crippen LogP contribution >= 0.6 is 0 Å². The van der Waals surface area contributed by atoms with Gasteiger partial charge >= 0.3 is 5.97 Å². The van der Waals surface area contributed by atoms with Crippen molar-refractivity contribution in [2.75, 3.05) is 11.3 Å². The Morgan fingerprint density at radius 3 is 2.54 bits per heavy atom. The van der Waals surface area contributed by atoms with E-state index in [9.17, 15) is 18.5 Å². The van der Waals surface area contributed by atoms with Crippen LogP contribution in [-0.2, 0) is 21.2 Å². The number of sulfonamides is 1. The molecule has 3 aromatic carbocycles. The summed E-state index contributed by atoms with van der Waals surface area (Å²) in [7, 11) is -3.81. The summed E-state index contributed by atoms with van der Waals surface area (Å²) in [4.78, 5) is 10.9. The van der Waals surface area contributed by atoms with Gasteiger partial charge in [-0.25, -0.2) is 8.42 Å². The van der Waals surface area contributed by atoms with E-state index in [0.717, 1.165) is 24.0 Å². The van der Waals surface area contributed by atoms with Crippen molar-refractivity contribution in [1.82, 2.24) is 0 Å². The van der Waals surface area contributed by atoms with Crippen molar-refractivity contribution in [3.05, 3.63) is 95.6 Å². The van der Waals surface area contributed by atoms with Crippen LogP contribution in [0.4, 0.5) is 5.69 Å². The molecule has 0 heterocycles. The third-order valence-electron chi connectivity index (χ3n) is 5.13. The summed E-state index contributed by atoms with van der Waals surface area (Å²) >= 11 is 0. The van der Waals surface area contributed by atoms with Crippen molar-refractivity contribution in [2.45, 2.75) is 30.6 Å². The molecule has 0 amide bonds. The molecule has 0 aliphatic heterocycles. The zero-order chi connectivity index (χ0) is 25.1. The van der Waals surface area contributed by atoms with Gasteiger partial charge in [0.25, 0.3) is 10.0 Å². The van der Waals surface area contributed by atoms with Crippen LogP contribution in [0.3, 0.4) is 0 Å². The lowest BCUT2D eigenvalue weighted by Crippen LogP contribution is -2.13. The monoisotopic (exact) mass is 490 g/mol. The van der Waals surface area contributed by atoms with Crippen LogP contribution in [0.25, 0.3) is 6.08 Å². The van der Waals surface area contributed by atoms with Crippen LogP contribution in [0.5, 0.6) is 5.75 Å². The van der Waals surface area contributed by atoms with Crippen LogP contribution < -0.4 is 9.46 Å². The predicted octanol–water partition coefficient (Wildman–Crippen LogP) is 5.25. The smallest absolute Gasteiger partial charge is 0.303 e. The quantitative estimate of drug-likeness (QED) is 0.335. The van der Waals surface area contributed by atoms with Crippen LogP contribution in [0.2, 0.25) is 0 Å². The predicted molar refractivity (Wildman–Crippen MR) is 135 cm³/mol. The number of unbranched alkanes of at least 4 members (excludes halogenated alkanes) is 1. The number of allylic oxidation sites excluding steroid dienone is 1. The van der Waals surface area contributed by atoms with E-state index in [0.29, 0.717) is 18.8 Å². The third kappa shape index (κ3) is 7.73. The number of carboxylic acid groups (broad SMARTS) is 1. The molecule has 0 unspecified atom stereocenters. The first-order valence-corrected chi connectivity index (χ1v) is 12.6. The molecule has 0 fully saturated rings. The molecule has 0 aliphatic carbocycles. The molecular formula is C27H26N2O5S. The molecule has 3 rings (SSSR count). The number of benzene rings is 3. The molecule has 7 nitrogen and oxygen atoms in total. The number of aryl methyl sites for hydroxylation is 1. The van der Waals surface area contributed by atoms with E-state index in [1.165, 1.54) is 12.1 Å². The number of para-hydroxylation sites is 1. The van der Waals surface area contributed by atoms with E-state index in [2.05, 4.69) is 4.72 Å². The largest absolute Gasteiger partial charge is 0.493 e. The maximum atomic E-state index is 12.6. The minimum atomic E-state index is -3.81. The average Bonchev–Trinajstić information content (AvgIpc) is 2.86. The first-order valence-electron chi connectivity index (χ1n) is 11.1. The second-order valence-corrected chi connectivity index (χ2v) is 9.41. The van der Waals surface area contributed by atoms with Gasteiger partial charge in [-0.1, -0.05) is 54.6 Å². The third-order valence-corrected chi connectivity index (χ3v) is 6.51. The molecule has 0 radical (unpaired) electrons. The van der Waals surface area contributed by atoms with Crippen molar-refractivity contribution < 1.29 is 23.1 Å². The Bertz CT molecular complexity index is 1330. The number of carboxylic acids is 1. The lowest BCUT2D eigenvalue weighted by Gasteiger charge is -2.11. The second-order valence-electron chi connectivity index (χ2n) is 7.73. The average molecular weight is 491 g/mol. The van der Waals surface area contributed by atoms with Crippen molar-refractivity contribution in [3.63, 3.8) is 0 Å². The number of hydrogen-bond donors (Lipinski definition) is 2. The van der Waals surface area contributed by atoms with Gasteiger partial charge in [0, 0.05) is 6.42 Å². The van der Waals surface area contributed by atoms with E-state index in [1.807, 2.05) is 42.5 Å². The molecule has 0 aromatic heterocycles. The first kappa shape index (κ1) is 25.5. The minimum absolute atomic E-state index is 0.0528. The first-order chi connectivity index (χ1) is 16.9. The molecule has 0 saturated carbocycles. The van der Waals surface area contributed by atoms with E-state index in [1.54, 1.807) is 36.4 Å². The second kappa shape index (κ2) is 12.4. The summed E-state index contributed by atoms with van der Waals surface area (Å²) in [5.74, 6) is -0.149. The van der Waals surface area contributed by atoms with Gasteiger partial charge in [0.05, 0.1) is 22.8 Å². The molecule has 180 valence electrons. The van der Waals surface area contributed by atoms with Crippen molar-refractivity contribution in [2.24, 2.45) is 0 Å². The molecule has 2 N–H and O–H groups in total. The van der Waals surface area contributed by atoms with Gasteiger partial charge in [0.1, 0.15) is 11.8 Å². The van der Waals surface area contributed by atoms with E-state index < -0.39 is 16.0 Å². The van der Waals surface area contributed by atoms with Crippen LogP contribution in [0.15, 0.2) is 83.8 Å². The molecule has 0 atom stereocenters. The fourth-order valence-electron chi connectivity index (χ4n) is 3.35. The summed E-state index contributed by atoms with van der Waals surface area (Å²) in [5, 5.41) is 18.3. The van der Waals surface area contributed by atoms with Gasteiger partial charge in [-0.2, -0.15) is 5.26 Å². The fourth-order valence-corrected chi connectivity index (χ4v) is 4.44. The molecule has 0 spiro atoms. The van der Waals surface area contributed by atoms with Gasteiger partial charge in [-0.05, 0) is 60.7 Å². The summed E-state index contributed by atoms with van der Waals surface area (Å²) in [5.41, 5.74) is 2.08. The standard InChI is InChI=1S/C27H26N2O5S/c28-20-23-15-14-21(19-25(23)29-35(32,33)24-11-4-1-5-12-24)9-3-2-8-18-34-26-13-7-6-10-22(26)16-17-27(30)31/h1,3-7,9-15,19,29H,2,8,16-18H2,(H,30,31)/b9-3+. The van der Waals surface area contributed by atoms with Gasteiger partial charge in [-0.3, -0.25) is 9.52 Å². The number of hydrogen-bond acceptors (Lipinski definition) is 5. The summed E-state index contributed by atoms with van der Waals surface area (Å²) < 4.78 is 33.6. The highest BCUT2D eigenvalue weighted by Gasteiger charge is 2.15. The lowest BCUT2D eigenvalue weighted by molar-refractivity contribution is -0.136. The number of ether oxygens (including phenoxy) is 1. The summed E-state index contributed by atoms with van der Waals surface area (Å²) in [6.45, 7) is 0.476. The lowest BCUT2D eigenvalue weighted by atomic mass is 10.1. The Morgan fingerprint density at radius 2 is 1.80 bits per heavy atom. The molecule has 0 bridgehead atoms. The highest BCUT2D eigenvalue weighted by molar-refractivity contribution is 7.92.